The Morgan fingerprint density at radius 1 is 1.19 bits per heavy atom. The van der Waals surface area contributed by atoms with Gasteiger partial charge in [-0.3, -0.25) is 0 Å². The van der Waals surface area contributed by atoms with Crippen molar-refractivity contribution in [3.63, 3.8) is 0 Å². The third kappa shape index (κ3) is 6.43. The number of likely N-dealkylation sites (tertiary alicyclic amines) is 1. The van der Waals surface area contributed by atoms with Crippen molar-refractivity contribution in [1.82, 2.24) is 4.90 Å². The van der Waals surface area contributed by atoms with Crippen LogP contribution in [0.5, 0.6) is 5.75 Å². The number of ether oxygens (including phenoxy) is 3. The second kappa shape index (κ2) is 9.87. The molecule has 1 aromatic carbocycles. The molecule has 1 atom stereocenters. The van der Waals surface area contributed by atoms with Crippen LogP contribution in [0.3, 0.4) is 0 Å². The van der Waals surface area contributed by atoms with E-state index in [4.69, 9.17) is 4.74 Å². The summed E-state index contributed by atoms with van der Waals surface area (Å²) in [5.41, 5.74) is -1.15. The number of nitrogens with one attached hydrogen (secondary N) is 1. The van der Waals surface area contributed by atoms with Gasteiger partial charge < -0.3 is 24.4 Å². The molecule has 1 fully saturated rings. The standard InChI is InChI=1S/C22H31F3N2O5/c1-13(22(5)7-9-27(10-8-22)20(29)32-21(2,3)4)26-16-12-14(18(28)30-6)11-15(23)17(16)31-19(24)25/h11-13,19,26H,7-10H2,1-6H3/t13-/m0/s1. The first-order valence-electron chi connectivity index (χ1n) is 10.4. The van der Waals surface area contributed by atoms with Crippen molar-refractivity contribution in [2.75, 3.05) is 25.5 Å². The quantitative estimate of drug-likeness (QED) is 0.599. The number of hydrogen-bond acceptors (Lipinski definition) is 6. The molecule has 7 nitrogen and oxygen atoms in total. The van der Waals surface area contributed by atoms with Gasteiger partial charge in [-0.05, 0) is 58.1 Å². The zero-order chi connectivity index (χ0) is 24.3. The summed E-state index contributed by atoms with van der Waals surface area (Å²) in [4.78, 5) is 25.8. The van der Waals surface area contributed by atoms with Crippen LogP contribution >= 0.6 is 0 Å². The lowest BCUT2D eigenvalue weighted by Crippen LogP contribution is -2.49. The molecule has 1 N–H and O–H groups in total. The highest BCUT2D eigenvalue weighted by Gasteiger charge is 2.38. The first kappa shape index (κ1) is 25.6. The number of benzene rings is 1. The molecule has 0 bridgehead atoms. The van der Waals surface area contributed by atoms with Crippen LogP contribution in [-0.2, 0) is 9.47 Å². The zero-order valence-electron chi connectivity index (χ0n) is 19.3. The predicted molar refractivity (Wildman–Crippen MR) is 113 cm³/mol. The number of halogens is 3. The molecule has 10 heteroatoms. The maximum Gasteiger partial charge on any atom is 0.410 e. The van der Waals surface area contributed by atoms with E-state index in [-0.39, 0.29) is 28.8 Å². The molecule has 0 saturated carbocycles. The molecule has 32 heavy (non-hydrogen) atoms. The van der Waals surface area contributed by atoms with Gasteiger partial charge in [-0.2, -0.15) is 8.78 Å². The summed E-state index contributed by atoms with van der Waals surface area (Å²) in [6, 6.07) is 1.69. The van der Waals surface area contributed by atoms with Crippen molar-refractivity contribution in [2.24, 2.45) is 5.41 Å². The highest BCUT2D eigenvalue weighted by Crippen LogP contribution is 2.39. The maximum atomic E-state index is 14.5. The Kier molecular flexibility index (Phi) is 7.90. The van der Waals surface area contributed by atoms with E-state index in [9.17, 15) is 22.8 Å². The van der Waals surface area contributed by atoms with Crippen LogP contribution in [0.15, 0.2) is 12.1 Å². The van der Waals surface area contributed by atoms with Crippen molar-refractivity contribution < 1.29 is 37.0 Å². The molecule has 0 unspecified atom stereocenters. The Balaban J connectivity index is 2.19. The van der Waals surface area contributed by atoms with Crippen LogP contribution in [0.25, 0.3) is 0 Å². The molecule has 1 heterocycles. The summed E-state index contributed by atoms with van der Waals surface area (Å²) in [6.07, 6.45) is 0.815. The summed E-state index contributed by atoms with van der Waals surface area (Å²) in [7, 11) is 1.14. The van der Waals surface area contributed by atoms with Crippen molar-refractivity contribution in [1.29, 1.82) is 0 Å². The van der Waals surface area contributed by atoms with Crippen LogP contribution in [0.2, 0.25) is 0 Å². The smallest absolute Gasteiger partial charge is 0.410 e. The van der Waals surface area contributed by atoms with Gasteiger partial charge in [-0.15, -0.1) is 0 Å². The highest BCUT2D eigenvalue weighted by atomic mass is 19.3. The van der Waals surface area contributed by atoms with E-state index < -0.39 is 29.7 Å². The Morgan fingerprint density at radius 3 is 2.28 bits per heavy atom. The number of hydrogen-bond donors (Lipinski definition) is 1. The van der Waals surface area contributed by atoms with E-state index in [1.54, 1.807) is 25.7 Å². The van der Waals surface area contributed by atoms with Crippen LogP contribution < -0.4 is 10.1 Å². The van der Waals surface area contributed by atoms with Crippen LogP contribution in [-0.4, -0.2) is 55.4 Å². The fourth-order valence-electron chi connectivity index (χ4n) is 3.51. The number of esters is 1. The van der Waals surface area contributed by atoms with Gasteiger partial charge in [0.1, 0.15) is 5.60 Å². The molecule has 1 aliphatic heterocycles. The zero-order valence-corrected chi connectivity index (χ0v) is 19.3. The summed E-state index contributed by atoms with van der Waals surface area (Å²) in [5, 5.41) is 3.03. The minimum absolute atomic E-state index is 0.0750. The number of carbonyl (C=O) groups is 2. The fourth-order valence-corrected chi connectivity index (χ4v) is 3.51. The molecule has 0 aliphatic carbocycles. The molecule has 1 saturated heterocycles. The minimum atomic E-state index is -3.24. The fraction of sp³-hybridized carbons (Fsp3) is 0.636. The normalized spacial score (nSPS) is 17.0. The highest BCUT2D eigenvalue weighted by molar-refractivity contribution is 5.91. The number of anilines is 1. The van der Waals surface area contributed by atoms with Crippen LogP contribution in [0, 0.1) is 11.2 Å². The lowest BCUT2D eigenvalue weighted by molar-refractivity contribution is -0.0517. The van der Waals surface area contributed by atoms with E-state index in [2.05, 4.69) is 14.8 Å². The number of nitrogens with zero attached hydrogens (tertiary/aromatic N) is 1. The third-order valence-corrected chi connectivity index (χ3v) is 5.65. The summed E-state index contributed by atoms with van der Waals surface area (Å²) >= 11 is 0. The number of methoxy groups -OCH3 is 1. The van der Waals surface area contributed by atoms with Gasteiger partial charge >= 0.3 is 18.7 Å². The topological polar surface area (TPSA) is 77.1 Å². The SMILES string of the molecule is COC(=O)c1cc(F)c(OC(F)F)c(N[C@@H](C)C2(C)CCN(C(=O)OC(C)(C)C)CC2)c1. The van der Waals surface area contributed by atoms with Crippen LogP contribution in [0.1, 0.15) is 57.8 Å². The summed E-state index contributed by atoms with van der Waals surface area (Å²) < 4.78 is 54.6. The second-order valence-corrected chi connectivity index (χ2v) is 9.19. The molecular formula is C22H31F3N2O5. The number of amides is 1. The average molecular weight is 460 g/mol. The van der Waals surface area contributed by atoms with Gasteiger partial charge in [0, 0.05) is 19.1 Å². The van der Waals surface area contributed by atoms with Gasteiger partial charge in [-0.25, -0.2) is 14.0 Å². The maximum absolute atomic E-state index is 14.5. The van der Waals surface area contributed by atoms with Gasteiger partial charge in [0.15, 0.2) is 11.6 Å². The van der Waals surface area contributed by atoms with Crippen molar-refractivity contribution in [3.8, 4) is 5.75 Å². The van der Waals surface area contributed by atoms with Crippen molar-refractivity contribution in [3.05, 3.63) is 23.5 Å². The predicted octanol–water partition coefficient (Wildman–Crippen LogP) is 5.05. The molecular weight excluding hydrogens is 429 g/mol. The third-order valence-electron chi connectivity index (χ3n) is 5.65. The van der Waals surface area contributed by atoms with E-state index >= 15 is 0 Å². The molecule has 0 aromatic heterocycles. The summed E-state index contributed by atoms with van der Waals surface area (Å²) in [6.45, 7) is 6.88. The monoisotopic (exact) mass is 460 g/mol. The van der Waals surface area contributed by atoms with Crippen molar-refractivity contribution >= 4 is 17.7 Å². The number of piperidine rings is 1. The number of rotatable bonds is 6. The Morgan fingerprint density at radius 2 is 1.78 bits per heavy atom. The largest absolute Gasteiger partial charge is 0.465 e. The minimum Gasteiger partial charge on any atom is -0.465 e. The Labute approximate surface area is 186 Å². The van der Waals surface area contributed by atoms with Gasteiger partial charge in [0.2, 0.25) is 0 Å². The average Bonchev–Trinajstić information content (AvgIpc) is 2.68. The first-order valence-corrected chi connectivity index (χ1v) is 10.4. The molecule has 0 spiro atoms. The molecule has 1 aromatic rings. The van der Waals surface area contributed by atoms with E-state index in [0.717, 1.165) is 13.2 Å². The molecule has 1 aliphatic rings. The summed E-state index contributed by atoms with van der Waals surface area (Å²) in [5.74, 6) is -2.58. The van der Waals surface area contributed by atoms with E-state index in [0.29, 0.717) is 25.9 Å². The second-order valence-electron chi connectivity index (χ2n) is 9.19. The molecule has 0 radical (unpaired) electrons. The lowest BCUT2D eigenvalue weighted by atomic mass is 9.74. The molecule has 180 valence electrons. The van der Waals surface area contributed by atoms with E-state index in [1.807, 2.05) is 13.8 Å². The molecule has 2 rings (SSSR count). The number of alkyl halides is 2. The lowest BCUT2D eigenvalue weighted by Gasteiger charge is -2.43. The first-order chi connectivity index (χ1) is 14.8. The van der Waals surface area contributed by atoms with Crippen LogP contribution in [0.4, 0.5) is 23.7 Å². The van der Waals surface area contributed by atoms with Gasteiger partial charge in [0.25, 0.3) is 0 Å². The van der Waals surface area contributed by atoms with E-state index in [1.165, 1.54) is 6.07 Å². The molecule has 1 amide bonds. The van der Waals surface area contributed by atoms with Gasteiger partial charge in [0.05, 0.1) is 18.4 Å². The Hall–Kier alpha value is -2.65. The Bertz CT molecular complexity index is 834. The van der Waals surface area contributed by atoms with Crippen molar-refractivity contribution in [2.45, 2.75) is 65.7 Å². The number of carbonyl (C=O) groups excluding carboxylic acids is 2. The van der Waals surface area contributed by atoms with Gasteiger partial charge in [-0.1, -0.05) is 6.92 Å².